The van der Waals surface area contributed by atoms with Gasteiger partial charge in [-0.05, 0) is 12.1 Å². The summed E-state index contributed by atoms with van der Waals surface area (Å²) in [6, 6.07) is 4.24. The number of fused-ring (bicyclic) bond motifs is 1. The van der Waals surface area contributed by atoms with Crippen LogP contribution in [-0.2, 0) is 0 Å². The summed E-state index contributed by atoms with van der Waals surface area (Å²) in [5, 5.41) is 13.1. The number of nitro groups is 1. The summed E-state index contributed by atoms with van der Waals surface area (Å²) < 4.78 is 31.6. The Hall–Kier alpha value is -3.36. The molecule has 0 aliphatic carbocycles. The molecular weight excluding hydrogens is 314 g/mol. The lowest BCUT2D eigenvalue weighted by molar-refractivity contribution is -0.385. The fraction of sp³-hybridized carbons (Fsp3) is 0. The van der Waals surface area contributed by atoms with Crippen LogP contribution >= 0.6 is 0 Å². The van der Waals surface area contributed by atoms with Crippen LogP contribution in [0.2, 0.25) is 0 Å². The third kappa shape index (κ3) is 2.48. The van der Waals surface area contributed by atoms with E-state index in [4.69, 9.17) is 4.74 Å². The second-order valence-electron chi connectivity index (χ2n) is 4.58. The van der Waals surface area contributed by atoms with Crippen molar-refractivity contribution in [3.05, 3.63) is 63.2 Å². The Bertz CT molecular complexity index is 882. The van der Waals surface area contributed by atoms with Crippen molar-refractivity contribution < 1.29 is 28.0 Å². The van der Waals surface area contributed by atoms with Crippen LogP contribution in [0.5, 0.6) is 11.5 Å². The van der Waals surface area contributed by atoms with Gasteiger partial charge in [-0.1, -0.05) is 0 Å². The number of nitrogens with zero attached hydrogens (tertiary/aromatic N) is 1. The zero-order chi connectivity index (χ0) is 16.7. The number of halogens is 2. The highest BCUT2D eigenvalue weighted by Crippen LogP contribution is 2.36. The lowest BCUT2D eigenvalue weighted by Gasteiger charge is -2.08. The van der Waals surface area contributed by atoms with E-state index in [9.17, 15) is 28.5 Å². The maximum absolute atomic E-state index is 13.6. The van der Waals surface area contributed by atoms with Gasteiger partial charge >= 0.3 is 5.69 Å². The summed E-state index contributed by atoms with van der Waals surface area (Å²) >= 11 is 0. The molecule has 1 N–H and O–H groups in total. The van der Waals surface area contributed by atoms with Gasteiger partial charge in [-0.25, -0.2) is 8.78 Å². The fourth-order valence-corrected chi connectivity index (χ4v) is 2.08. The number of ether oxygens (including phenoxy) is 1. The Morgan fingerprint density at radius 2 is 1.65 bits per heavy atom. The highest BCUT2D eigenvalue weighted by molar-refractivity contribution is 6.22. The van der Waals surface area contributed by atoms with Gasteiger partial charge in [0.05, 0.1) is 16.1 Å². The number of imide groups is 1. The number of nitro benzene ring substituents is 1. The second-order valence-corrected chi connectivity index (χ2v) is 4.58. The molecule has 2 aromatic rings. The molecule has 2 aromatic carbocycles. The molecule has 116 valence electrons. The zero-order valence-electron chi connectivity index (χ0n) is 11.1. The van der Waals surface area contributed by atoms with Crippen molar-refractivity contribution in [1.82, 2.24) is 5.32 Å². The van der Waals surface area contributed by atoms with Gasteiger partial charge in [-0.3, -0.25) is 25.0 Å². The van der Waals surface area contributed by atoms with E-state index in [0.29, 0.717) is 6.07 Å². The summed E-state index contributed by atoms with van der Waals surface area (Å²) in [4.78, 5) is 33.4. The summed E-state index contributed by atoms with van der Waals surface area (Å²) in [6.45, 7) is 0. The molecule has 7 nitrogen and oxygen atoms in total. The van der Waals surface area contributed by atoms with E-state index in [1.807, 2.05) is 5.32 Å². The van der Waals surface area contributed by atoms with Crippen LogP contribution in [0, 0.1) is 21.7 Å². The predicted molar refractivity (Wildman–Crippen MR) is 71.3 cm³/mol. The fourth-order valence-electron chi connectivity index (χ4n) is 2.08. The molecule has 9 heteroatoms. The van der Waals surface area contributed by atoms with E-state index in [2.05, 4.69) is 0 Å². The third-order valence-corrected chi connectivity index (χ3v) is 3.13. The average Bonchev–Trinajstić information content (AvgIpc) is 2.75. The highest BCUT2D eigenvalue weighted by Gasteiger charge is 2.32. The van der Waals surface area contributed by atoms with Gasteiger partial charge in [0.25, 0.3) is 11.8 Å². The number of hydrogen-bond acceptors (Lipinski definition) is 5. The molecule has 0 radical (unpaired) electrons. The molecule has 3 rings (SSSR count). The van der Waals surface area contributed by atoms with E-state index in [1.165, 1.54) is 0 Å². The van der Waals surface area contributed by atoms with Crippen molar-refractivity contribution in [2.75, 3.05) is 0 Å². The van der Waals surface area contributed by atoms with Crippen LogP contribution in [0.3, 0.4) is 0 Å². The second kappa shape index (κ2) is 5.13. The Balaban J connectivity index is 2.11. The molecule has 0 unspecified atom stereocenters. The maximum atomic E-state index is 13.6. The first-order chi connectivity index (χ1) is 10.9. The third-order valence-electron chi connectivity index (χ3n) is 3.13. The van der Waals surface area contributed by atoms with Gasteiger partial charge in [-0.15, -0.1) is 0 Å². The monoisotopic (exact) mass is 320 g/mol. The standard InChI is InChI=1S/C14H6F2N2O5/c15-6-1-2-11(9(16)3-6)23-12-5-8-7(4-10(12)18(21)22)13(19)17-14(8)20/h1-5H,(H,17,19,20). The first-order valence-corrected chi connectivity index (χ1v) is 6.18. The van der Waals surface area contributed by atoms with Gasteiger partial charge < -0.3 is 4.74 Å². The SMILES string of the molecule is O=C1NC(=O)c2cc([N+](=O)[O-])c(Oc3ccc(F)cc3F)cc21. The summed E-state index contributed by atoms with van der Waals surface area (Å²) in [6.07, 6.45) is 0. The van der Waals surface area contributed by atoms with Gasteiger partial charge in [0.2, 0.25) is 5.75 Å². The minimum atomic E-state index is -1.07. The van der Waals surface area contributed by atoms with Crippen molar-refractivity contribution in [1.29, 1.82) is 0 Å². The maximum Gasteiger partial charge on any atom is 0.312 e. The molecule has 23 heavy (non-hydrogen) atoms. The van der Waals surface area contributed by atoms with Crippen molar-refractivity contribution in [3.8, 4) is 11.5 Å². The molecule has 0 bridgehead atoms. The molecule has 0 atom stereocenters. The number of nitrogens with one attached hydrogen (secondary N) is 1. The van der Waals surface area contributed by atoms with Gasteiger partial charge in [0, 0.05) is 18.2 Å². The Kier molecular flexibility index (Phi) is 3.25. The van der Waals surface area contributed by atoms with Crippen LogP contribution < -0.4 is 10.1 Å². The van der Waals surface area contributed by atoms with E-state index < -0.39 is 45.6 Å². The molecule has 0 spiro atoms. The lowest BCUT2D eigenvalue weighted by atomic mass is 10.1. The number of carbonyl (C=O) groups is 2. The summed E-state index contributed by atoms with van der Waals surface area (Å²) in [5.41, 5.74) is -0.927. The molecule has 0 saturated carbocycles. The van der Waals surface area contributed by atoms with Crippen LogP contribution in [-0.4, -0.2) is 16.7 Å². The molecular formula is C14H6F2N2O5. The largest absolute Gasteiger partial charge is 0.447 e. The number of benzene rings is 2. The molecule has 2 amide bonds. The lowest BCUT2D eigenvalue weighted by Crippen LogP contribution is -2.19. The van der Waals surface area contributed by atoms with Crippen LogP contribution in [0.25, 0.3) is 0 Å². The minimum Gasteiger partial charge on any atom is -0.447 e. The number of amides is 2. The average molecular weight is 320 g/mol. The Morgan fingerprint density at radius 1 is 1.00 bits per heavy atom. The van der Waals surface area contributed by atoms with E-state index in [1.54, 1.807) is 0 Å². The predicted octanol–water partition coefficient (Wildman–Crippen LogP) is 2.55. The van der Waals surface area contributed by atoms with Crippen LogP contribution in [0.1, 0.15) is 20.7 Å². The molecule has 0 saturated heterocycles. The molecule has 1 aliphatic heterocycles. The molecule has 0 aromatic heterocycles. The Labute approximate surface area is 126 Å². The highest BCUT2D eigenvalue weighted by atomic mass is 19.1. The smallest absolute Gasteiger partial charge is 0.312 e. The molecule has 0 fully saturated rings. The normalized spacial score (nSPS) is 12.8. The summed E-state index contributed by atoms with van der Waals surface area (Å²) in [7, 11) is 0. The minimum absolute atomic E-state index is 0.127. The quantitative estimate of drug-likeness (QED) is 0.532. The zero-order valence-corrected chi connectivity index (χ0v) is 11.1. The van der Waals surface area contributed by atoms with Crippen LogP contribution in [0.4, 0.5) is 14.5 Å². The van der Waals surface area contributed by atoms with E-state index >= 15 is 0 Å². The van der Waals surface area contributed by atoms with Gasteiger partial charge in [0.15, 0.2) is 11.6 Å². The first kappa shape index (κ1) is 14.6. The van der Waals surface area contributed by atoms with E-state index in [0.717, 1.165) is 24.3 Å². The molecule has 1 heterocycles. The number of hydrogen-bond donors (Lipinski definition) is 1. The van der Waals surface area contributed by atoms with Crippen molar-refractivity contribution >= 4 is 17.5 Å². The number of rotatable bonds is 3. The van der Waals surface area contributed by atoms with E-state index in [-0.39, 0.29) is 11.1 Å². The van der Waals surface area contributed by atoms with Crippen molar-refractivity contribution in [2.24, 2.45) is 0 Å². The summed E-state index contributed by atoms with van der Waals surface area (Å²) in [5.74, 6) is -4.33. The van der Waals surface area contributed by atoms with Gasteiger partial charge in [0.1, 0.15) is 5.82 Å². The Morgan fingerprint density at radius 3 is 2.26 bits per heavy atom. The first-order valence-electron chi connectivity index (χ1n) is 6.18. The topological polar surface area (TPSA) is 98.5 Å². The van der Waals surface area contributed by atoms with Gasteiger partial charge in [-0.2, -0.15) is 0 Å². The van der Waals surface area contributed by atoms with Crippen molar-refractivity contribution in [3.63, 3.8) is 0 Å². The van der Waals surface area contributed by atoms with Crippen LogP contribution in [0.15, 0.2) is 30.3 Å². The van der Waals surface area contributed by atoms with Crippen molar-refractivity contribution in [2.45, 2.75) is 0 Å². The molecule has 1 aliphatic rings. The number of carbonyl (C=O) groups excluding carboxylic acids is 2.